The molecule has 0 bridgehead atoms. The molecule has 1 aromatic carbocycles. The van der Waals surface area contributed by atoms with Gasteiger partial charge in [-0.05, 0) is 57.2 Å². The molecule has 1 aliphatic rings. The fourth-order valence-corrected chi connectivity index (χ4v) is 3.24. The molecule has 0 unspecified atom stereocenters. The Bertz CT molecular complexity index is 510. The maximum atomic E-state index is 13.0. The summed E-state index contributed by atoms with van der Waals surface area (Å²) in [5.41, 5.74) is 0.744. The lowest BCUT2D eigenvalue weighted by atomic mass is 9.87. The summed E-state index contributed by atoms with van der Waals surface area (Å²) in [7, 11) is 0. The van der Waals surface area contributed by atoms with Crippen LogP contribution in [-0.4, -0.2) is 46.6 Å². The highest BCUT2D eigenvalue weighted by atomic mass is 19.1. The van der Waals surface area contributed by atoms with Crippen LogP contribution in [0.1, 0.15) is 45.3 Å². The third-order valence-electron chi connectivity index (χ3n) is 4.68. The van der Waals surface area contributed by atoms with Gasteiger partial charge in [0.2, 0.25) is 0 Å². The summed E-state index contributed by atoms with van der Waals surface area (Å²) in [5.74, 6) is -0.187. The first-order valence-corrected chi connectivity index (χ1v) is 8.43. The number of aliphatic hydroxyl groups excluding tert-OH is 1. The van der Waals surface area contributed by atoms with Crippen molar-refractivity contribution in [2.24, 2.45) is 5.92 Å². The van der Waals surface area contributed by atoms with Crippen LogP contribution in [0.25, 0.3) is 0 Å². The Hall–Kier alpha value is -1.62. The average molecular weight is 322 g/mol. The summed E-state index contributed by atoms with van der Waals surface area (Å²) in [6, 6.07) is 6.29. The standard InChI is InChI=1S/C18H27FN2O2/c1-4-21(13(2)3)18(23)20-11-9-15(10-12-20)17(22)14-5-7-16(19)8-6-14/h5-8,13,15,17,22H,4,9-12H2,1-3H3/t17-/m0/s1. The van der Waals surface area contributed by atoms with E-state index in [1.54, 1.807) is 12.1 Å². The number of piperidine rings is 1. The molecule has 0 radical (unpaired) electrons. The van der Waals surface area contributed by atoms with Crippen LogP contribution in [0.4, 0.5) is 9.18 Å². The third-order valence-corrected chi connectivity index (χ3v) is 4.68. The van der Waals surface area contributed by atoms with Crippen molar-refractivity contribution in [3.63, 3.8) is 0 Å². The molecule has 0 saturated carbocycles. The molecule has 0 spiro atoms. The summed E-state index contributed by atoms with van der Waals surface area (Å²) in [6.07, 6.45) is 0.931. The number of halogens is 1. The molecule has 0 aliphatic carbocycles. The molecular formula is C18H27FN2O2. The molecule has 128 valence electrons. The summed E-state index contributed by atoms with van der Waals surface area (Å²) in [4.78, 5) is 16.2. The molecule has 1 heterocycles. The van der Waals surface area contributed by atoms with Crippen LogP contribution in [0, 0.1) is 11.7 Å². The van der Waals surface area contributed by atoms with Gasteiger partial charge in [-0.15, -0.1) is 0 Å². The van der Waals surface area contributed by atoms with Crippen LogP contribution < -0.4 is 0 Å². The molecule has 1 fully saturated rings. The first-order valence-electron chi connectivity index (χ1n) is 8.43. The highest BCUT2D eigenvalue weighted by molar-refractivity contribution is 5.74. The Morgan fingerprint density at radius 2 is 1.87 bits per heavy atom. The van der Waals surface area contributed by atoms with Gasteiger partial charge in [0.05, 0.1) is 6.10 Å². The lowest BCUT2D eigenvalue weighted by Crippen LogP contribution is -2.49. The smallest absolute Gasteiger partial charge is 0.320 e. The van der Waals surface area contributed by atoms with Crippen LogP contribution in [-0.2, 0) is 0 Å². The molecule has 2 rings (SSSR count). The van der Waals surface area contributed by atoms with Crippen LogP contribution in [0.15, 0.2) is 24.3 Å². The van der Waals surface area contributed by atoms with Gasteiger partial charge < -0.3 is 14.9 Å². The topological polar surface area (TPSA) is 43.8 Å². The van der Waals surface area contributed by atoms with Crippen LogP contribution in [0.3, 0.4) is 0 Å². The van der Waals surface area contributed by atoms with E-state index in [0.717, 1.165) is 18.4 Å². The molecule has 4 nitrogen and oxygen atoms in total. The van der Waals surface area contributed by atoms with Gasteiger partial charge in [0, 0.05) is 25.7 Å². The molecule has 1 N–H and O–H groups in total. The SMILES string of the molecule is CCN(C(=O)N1CCC([C@@H](O)c2ccc(F)cc2)CC1)C(C)C. The van der Waals surface area contributed by atoms with Crippen molar-refractivity contribution in [1.29, 1.82) is 0 Å². The Morgan fingerprint density at radius 1 is 1.30 bits per heavy atom. The quantitative estimate of drug-likeness (QED) is 0.923. The lowest BCUT2D eigenvalue weighted by Gasteiger charge is -2.38. The van der Waals surface area contributed by atoms with E-state index in [1.165, 1.54) is 12.1 Å². The minimum absolute atomic E-state index is 0.0808. The molecule has 1 aliphatic heterocycles. The fourth-order valence-electron chi connectivity index (χ4n) is 3.24. The first-order chi connectivity index (χ1) is 10.9. The van der Waals surface area contributed by atoms with Crippen molar-refractivity contribution in [3.05, 3.63) is 35.6 Å². The zero-order chi connectivity index (χ0) is 17.0. The van der Waals surface area contributed by atoms with Gasteiger partial charge in [-0.25, -0.2) is 9.18 Å². The number of carbonyl (C=O) groups is 1. The van der Waals surface area contributed by atoms with Crippen molar-refractivity contribution in [2.75, 3.05) is 19.6 Å². The van der Waals surface area contributed by atoms with Gasteiger partial charge in [-0.1, -0.05) is 12.1 Å². The Kier molecular flexibility index (Phi) is 5.99. The number of likely N-dealkylation sites (tertiary alicyclic amines) is 1. The summed E-state index contributed by atoms with van der Waals surface area (Å²) < 4.78 is 13.0. The van der Waals surface area contributed by atoms with Crippen molar-refractivity contribution < 1.29 is 14.3 Å². The Labute approximate surface area is 137 Å². The number of hydrogen-bond donors (Lipinski definition) is 1. The zero-order valence-corrected chi connectivity index (χ0v) is 14.2. The molecule has 1 atom stereocenters. The van der Waals surface area contributed by atoms with Gasteiger partial charge in [-0.3, -0.25) is 0 Å². The summed E-state index contributed by atoms with van der Waals surface area (Å²) >= 11 is 0. The summed E-state index contributed by atoms with van der Waals surface area (Å²) in [5, 5.41) is 10.5. The van der Waals surface area contributed by atoms with Crippen LogP contribution >= 0.6 is 0 Å². The largest absolute Gasteiger partial charge is 0.388 e. The summed E-state index contributed by atoms with van der Waals surface area (Å²) in [6.45, 7) is 8.05. The van der Waals surface area contributed by atoms with E-state index in [-0.39, 0.29) is 23.8 Å². The molecular weight excluding hydrogens is 295 g/mol. The first kappa shape index (κ1) is 17.7. The van der Waals surface area contributed by atoms with E-state index in [2.05, 4.69) is 0 Å². The Balaban J connectivity index is 1.93. The van der Waals surface area contributed by atoms with Gasteiger partial charge in [0.15, 0.2) is 0 Å². The molecule has 1 aromatic rings. The van der Waals surface area contributed by atoms with Gasteiger partial charge >= 0.3 is 6.03 Å². The monoisotopic (exact) mass is 322 g/mol. The highest BCUT2D eigenvalue weighted by Crippen LogP contribution is 2.31. The second kappa shape index (κ2) is 7.77. The maximum Gasteiger partial charge on any atom is 0.320 e. The van der Waals surface area contributed by atoms with Crippen molar-refractivity contribution >= 4 is 6.03 Å². The van der Waals surface area contributed by atoms with Crippen molar-refractivity contribution in [3.8, 4) is 0 Å². The molecule has 23 heavy (non-hydrogen) atoms. The minimum Gasteiger partial charge on any atom is -0.388 e. The van der Waals surface area contributed by atoms with E-state index in [4.69, 9.17) is 0 Å². The van der Waals surface area contributed by atoms with E-state index in [1.807, 2.05) is 30.6 Å². The number of nitrogens with zero attached hydrogens (tertiary/aromatic N) is 2. The van der Waals surface area contributed by atoms with E-state index < -0.39 is 6.10 Å². The van der Waals surface area contributed by atoms with E-state index in [9.17, 15) is 14.3 Å². The fraction of sp³-hybridized carbons (Fsp3) is 0.611. The number of hydrogen-bond acceptors (Lipinski definition) is 2. The van der Waals surface area contributed by atoms with Crippen LogP contribution in [0.2, 0.25) is 0 Å². The molecule has 2 amide bonds. The average Bonchev–Trinajstić information content (AvgIpc) is 2.55. The zero-order valence-electron chi connectivity index (χ0n) is 14.2. The Morgan fingerprint density at radius 3 is 2.35 bits per heavy atom. The predicted octanol–water partition coefficient (Wildman–Crippen LogP) is 3.42. The minimum atomic E-state index is -0.597. The van der Waals surface area contributed by atoms with E-state index in [0.29, 0.717) is 19.6 Å². The normalized spacial score (nSPS) is 17.4. The van der Waals surface area contributed by atoms with Gasteiger partial charge in [-0.2, -0.15) is 0 Å². The number of amides is 2. The lowest BCUT2D eigenvalue weighted by molar-refractivity contribution is 0.0586. The number of benzene rings is 1. The number of carbonyl (C=O) groups excluding carboxylic acids is 1. The second-order valence-corrected chi connectivity index (χ2v) is 6.48. The third kappa shape index (κ3) is 4.22. The van der Waals surface area contributed by atoms with Crippen molar-refractivity contribution in [1.82, 2.24) is 9.80 Å². The molecule has 5 heteroatoms. The second-order valence-electron chi connectivity index (χ2n) is 6.48. The predicted molar refractivity (Wildman–Crippen MR) is 88.6 cm³/mol. The molecule has 0 aromatic heterocycles. The van der Waals surface area contributed by atoms with Gasteiger partial charge in [0.1, 0.15) is 5.82 Å². The number of urea groups is 1. The maximum absolute atomic E-state index is 13.0. The highest BCUT2D eigenvalue weighted by Gasteiger charge is 2.30. The van der Waals surface area contributed by atoms with Crippen molar-refractivity contribution in [2.45, 2.75) is 45.8 Å². The van der Waals surface area contributed by atoms with Gasteiger partial charge in [0.25, 0.3) is 0 Å². The number of rotatable bonds is 4. The van der Waals surface area contributed by atoms with Crippen LogP contribution in [0.5, 0.6) is 0 Å². The van der Waals surface area contributed by atoms with E-state index >= 15 is 0 Å². The number of aliphatic hydroxyl groups is 1. The molecule has 1 saturated heterocycles.